The van der Waals surface area contributed by atoms with Gasteiger partial charge in [0.15, 0.2) is 0 Å². The van der Waals surface area contributed by atoms with E-state index in [9.17, 15) is 4.79 Å². The van der Waals surface area contributed by atoms with E-state index >= 15 is 0 Å². The average molecular weight is 214 g/mol. The smallest absolute Gasteiger partial charge is 0.324 e. The van der Waals surface area contributed by atoms with Crippen molar-refractivity contribution in [1.29, 1.82) is 0 Å². The van der Waals surface area contributed by atoms with Crippen LogP contribution >= 0.6 is 0 Å². The zero-order chi connectivity index (χ0) is 11.6. The van der Waals surface area contributed by atoms with Gasteiger partial charge in [0.1, 0.15) is 5.54 Å². The normalized spacial score (nSPS) is 22.5. The maximum Gasteiger partial charge on any atom is 0.324 e. The van der Waals surface area contributed by atoms with Crippen LogP contribution in [0, 0.1) is 5.92 Å². The van der Waals surface area contributed by atoms with Crippen LogP contribution in [-0.4, -0.2) is 48.2 Å². The molecule has 0 radical (unpaired) electrons. The Labute approximate surface area is 91.6 Å². The summed E-state index contributed by atoms with van der Waals surface area (Å²) in [5, 5.41) is 12.0. The third kappa shape index (κ3) is 2.92. The van der Waals surface area contributed by atoms with E-state index in [1.165, 1.54) is 12.8 Å². The van der Waals surface area contributed by atoms with E-state index in [1.54, 1.807) is 14.0 Å². The lowest BCUT2D eigenvalue weighted by Gasteiger charge is -2.33. The van der Waals surface area contributed by atoms with Crippen molar-refractivity contribution in [3.63, 3.8) is 0 Å². The Balaban J connectivity index is 2.53. The first-order chi connectivity index (χ1) is 6.90. The molecule has 1 saturated carbocycles. The number of carboxylic acid groups (broad SMARTS) is 1. The number of hydrogen-bond acceptors (Lipinski definition) is 3. The van der Waals surface area contributed by atoms with E-state index in [0.29, 0.717) is 12.6 Å². The van der Waals surface area contributed by atoms with E-state index < -0.39 is 11.5 Å². The molecular formula is C11H22N2O2. The number of rotatable bonds is 6. The van der Waals surface area contributed by atoms with Gasteiger partial charge in [0.25, 0.3) is 0 Å². The maximum absolute atomic E-state index is 11.1. The Kier molecular flexibility index (Phi) is 3.73. The predicted molar refractivity (Wildman–Crippen MR) is 59.9 cm³/mol. The van der Waals surface area contributed by atoms with Gasteiger partial charge in [0.2, 0.25) is 0 Å². The molecule has 0 aromatic heterocycles. The van der Waals surface area contributed by atoms with Crippen LogP contribution in [0.2, 0.25) is 0 Å². The molecule has 0 spiro atoms. The van der Waals surface area contributed by atoms with E-state index in [-0.39, 0.29) is 0 Å². The zero-order valence-corrected chi connectivity index (χ0v) is 10.1. The summed E-state index contributed by atoms with van der Waals surface area (Å²) in [6.07, 6.45) is 2.57. The molecule has 0 aromatic carbocycles. The van der Waals surface area contributed by atoms with Crippen molar-refractivity contribution in [2.24, 2.45) is 5.92 Å². The molecule has 0 amide bonds. The summed E-state index contributed by atoms with van der Waals surface area (Å²) in [5.74, 6) is -0.0234. The van der Waals surface area contributed by atoms with Crippen molar-refractivity contribution >= 4 is 5.97 Å². The lowest BCUT2D eigenvalue weighted by molar-refractivity contribution is -0.144. The van der Waals surface area contributed by atoms with E-state index in [2.05, 4.69) is 17.1 Å². The minimum absolute atomic E-state index is 0.483. The Morgan fingerprint density at radius 1 is 1.67 bits per heavy atom. The number of carboxylic acids is 1. The Bertz CT molecular complexity index is 241. The summed E-state index contributed by atoms with van der Waals surface area (Å²) < 4.78 is 0. The lowest BCUT2D eigenvalue weighted by atomic mass is 10.0. The van der Waals surface area contributed by atoms with Gasteiger partial charge in [-0.25, -0.2) is 0 Å². The van der Waals surface area contributed by atoms with Crippen LogP contribution < -0.4 is 5.32 Å². The molecule has 1 rings (SSSR count). The molecule has 2 atom stereocenters. The highest BCUT2D eigenvalue weighted by molar-refractivity contribution is 5.78. The number of likely N-dealkylation sites (N-methyl/N-ethyl adjacent to an activating group) is 2. The average Bonchev–Trinajstić information content (AvgIpc) is 2.99. The monoisotopic (exact) mass is 214 g/mol. The Hall–Kier alpha value is -0.610. The van der Waals surface area contributed by atoms with Crippen molar-refractivity contribution in [1.82, 2.24) is 10.2 Å². The largest absolute Gasteiger partial charge is 0.480 e. The van der Waals surface area contributed by atoms with Gasteiger partial charge >= 0.3 is 5.97 Å². The Morgan fingerprint density at radius 3 is 2.53 bits per heavy atom. The molecule has 1 fully saturated rings. The molecule has 88 valence electrons. The second-order valence-corrected chi connectivity index (χ2v) is 4.88. The van der Waals surface area contributed by atoms with Gasteiger partial charge in [0, 0.05) is 12.6 Å². The number of carbonyl (C=O) groups is 1. The van der Waals surface area contributed by atoms with Crippen molar-refractivity contribution < 1.29 is 9.90 Å². The summed E-state index contributed by atoms with van der Waals surface area (Å²) >= 11 is 0. The second kappa shape index (κ2) is 4.49. The molecule has 0 saturated heterocycles. The minimum atomic E-state index is -0.849. The summed E-state index contributed by atoms with van der Waals surface area (Å²) in [6.45, 7) is 4.44. The van der Waals surface area contributed by atoms with Crippen molar-refractivity contribution in [3.05, 3.63) is 0 Å². The molecule has 2 N–H and O–H groups in total. The first-order valence-electron chi connectivity index (χ1n) is 5.53. The van der Waals surface area contributed by atoms with Gasteiger partial charge in [-0.15, -0.1) is 0 Å². The van der Waals surface area contributed by atoms with E-state index in [1.807, 2.05) is 7.05 Å². The quantitative estimate of drug-likeness (QED) is 0.686. The van der Waals surface area contributed by atoms with Crippen molar-refractivity contribution in [2.75, 3.05) is 20.6 Å². The topological polar surface area (TPSA) is 52.6 Å². The Morgan fingerprint density at radius 2 is 2.20 bits per heavy atom. The molecule has 1 aliphatic rings. The van der Waals surface area contributed by atoms with Crippen LogP contribution in [-0.2, 0) is 4.79 Å². The van der Waals surface area contributed by atoms with E-state index in [4.69, 9.17) is 5.11 Å². The SMILES string of the molecule is CNC(C)(CN(C)C(C)C1CC1)C(=O)O. The molecule has 0 bridgehead atoms. The number of aliphatic carboxylic acids is 1. The molecule has 1 aliphatic carbocycles. The van der Waals surface area contributed by atoms with Gasteiger partial charge in [-0.05, 0) is 46.7 Å². The minimum Gasteiger partial charge on any atom is -0.480 e. The van der Waals surface area contributed by atoms with Crippen LogP contribution in [0.4, 0.5) is 0 Å². The van der Waals surface area contributed by atoms with Gasteiger partial charge < -0.3 is 15.3 Å². The van der Waals surface area contributed by atoms with Crippen molar-refractivity contribution in [3.8, 4) is 0 Å². The fraction of sp³-hybridized carbons (Fsp3) is 0.909. The number of nitrogens with one attached hydrogen (secondary N) is 1. The molecule has 4 nitrogen and oxygen atoms in total. The van der Waals surface area contributed by atoms with Crippen LogP contribution in [0.15, 0.2) is 0 Å². The second-order valence-electron chi connectivity index (χ2n) is 4.88. The van der Waals surface area contributed by atoms with Crippen LogP contribution in [0.3, 0.4) is 0 Å². The highest BCUT2D eigenvalue weighted by atomic mass is 16.4. The molecule has 4 heteroatoms. The van der Waals surface area contributed by atoms with Crippen LogP contribution in [0.1, 0.15) is 26.7 Å². The highest BCUT2D eigenvalue weighted by Crippen LogP contribution is 2.34. The third-order valence-electron chi connectivity index (χ3n) is 3.59. The predicted octanol–water partition coefficient (Wildman–Crippen LogP) is 0.779. The van der Waals surface area contributed by atoms with Crippen LogP contribution in [0.25, 0.3) is 0 Å². The first kappa shape index (κ1) is 12.5. The summed E-state index contributed by atoms with van der Waals surface area (Å²) in [6, 6.07) is 0.483. The number of nitrogens with zero attached hydrogens (tertiary/aromatic N) is 1. The van der Waals surface area contributed by atoms with Crippen LogP contribution in [0.5, 0.6) is 0 Å². The van der Waals surface area contributed by atoms with Gasteiger partial charge in [-0.2, -0.15) is 0 Å². The molecule has 15 heavy (non-hydrogen) atoms. The first-order valence-corrected chi connectivity index (χ1v) is 5.53. The van der Waals surface area contributed by atoms with Gasteiger partial charge in [-0.1, -0.05) is 0 Å². The van der Waals surface area contributed by atoms with Crippen molar-refractivity contribution in [2.45, 2.75) is 38.3 Å². The molecule has 2 unspecified atom stereocenters. The maximum atomic E-state index is 11.1. The summed E-state index contributed by atoms with van der Waals surface area (Å²) in [7, 11) is 3.70. The van der Waals surface area contributed by atoms with Gasteiger partial charge in [-0.3, -0.25) is 4.79 Å². The number of hydrogen-bond donors (Lipinski definition) is 2. The zero-order valence-electron chi connectivity index (χ0n) is 10.1. The fourth-order valence-corrected chi connectivity index (χ4v) is 1.83. The summed E-state index contributed by atoms with van der Waals surface area (Å²) in [4.78, 5) is 13.2. The third-order valence-corrected chi connectivity index (χ3v) is 3.59. The molecular weight excluding hydrogens is 192 g/mol. The molecule has 0 aromatic rings. The lowest BCUT2D eigenvalue weighted by Crippen LogP contribution is -2.56. The van der Waals surface area contributed by atoms with Gasteiger partial charge in [0.05, 0.1) is 0 Å². The molecule has 0 aliphatic heterocycles. The summed E-state index contributed by atoms with van der Waals surface area (Å²) in [5.41, 5.74) is -0.849. The highest BCUT2D eigenvalue weighted by Gasteiger charge is 2.37. The standard InChI is InChI=1S/C11H22N2O2/c1-8(9-5-6-9)13(4)7-11(2,12-3)10(14)15/h8-9,12H,5-7H2,1-4H3,(H,14,15). The molecule has 0 heterocycles. The fourth-order valence-electron chi connectivity index (χ4n) is 1.83. The van der Waals surface area contributed by atoms with E-state index in [0.717, 1.165) is 5.92 Å².